The molecule has 0 saturated carbocycles. The second kappa shape index (κ2) is 5.10. The monoisotopic (exact) mass is 272 g/mol. The summed E-state index contributed by atoms with van der Waals surface area (Å²) in [5.41, 5.74) is 7.09. The predicted molar refractivity (Wildman–Crippen MR) is 69.5 cm³/mol. The molecule has 0 aliphatic rings. The summed E-state index contributed by atoms with van der Waals surface area (Å²) in [5, 5.41) is 15.1. The summed E-state index contributed by atoms with van der Waals surface area (Å²) >= 11 is 0. The van der Waals surface area contributed by atoms with Crippen molar-refractivity contribution in [2.24, 2.45) is 5.73 Å². The molecule has 0 amide bonds. The van der Waals surface area contributed by atoms with Crippen LogP contribution in [0.25, 0.3) is 5.65 Å². The minimum Gasteiger partial charge on any atom is -0.497 e. The van der Waals surface area contributed by atoms with Crippen LogP contribution in [0.4, 0.5) is 0 Å². The molecule has 2 aromatic heterocycles. The number of nitrogens with zero attached hydrogens (tertiary/aromatic N) is 5. The zero-order valence-corrected chi connectivity index (χ0v) is 10.7. The zero-order chi connectivity index (χ0) is 13.9. The van der Waals surface area contributed by atoms with Crippen LogP contribution in [0, 0.1) is 0 Å². The number of hydrogen-bond acceptors (Lipinski definition) is 7. The Morgan fingerprint density at radius 1 is 1.20 bits per heavy atom. The molecule has 0 fully saturated rings. The molecule has 2 N–H and O–H groups in total. The second-order valence-corrected chi connectivity index (χ2v) is 4.02. The molecule has 0 radical (unpaired) electrons. The van der Waals surface area contributed by atoms with Crippen molar-refractivity contribution in [3.8, 4) is 17.4 Å². The van der Waals surface area contributed by atoms with Crippen LogP contribution >= 0.6 is 0 Å². The topological polar surface area (TPSA) is 100 Å². The van der Waals surface area contributed by atoms with Crippen LogP contribution in [0.1, 0.15) is 5.56 Å². The van der Waals surface area contributed by atoms with E-state index in [0.717, 1.165) is 5.56 Å². The third-order valence-electron chi connectivity index (χ3n) is 2.68. The van der Waals surface area contributed by atoms with E-state index in [0.29, 0.717) is 29.6 Å². The van der Waals surface area contributed by atoms with E-state index >= 15 is 0 Å². The van der Waals surface area contributed by atoms with E-state index < -0.39 is 0 Å². The van der Waals surface area contributed by atoms with Crippen molar-refractivity contribution in [1.82, 2.24) is 25.3 Å². The highest BCUT2D eigenvalue weighted by atomic mass is 16.5. The van der Waals surface area contributed by atoms with Gasteiger partial charge in [-0.3, -0.25) is 0 Å². The van der Waals surface area contributed by atoms with Crippen LogP contribution in [0.15, 0.2) is 30.3 Å². The Morgan fingerprint density at radius 2 is 2.05 bits per heavy atom. The number of fused-ring (bicyclic) bond motifs is 1. The van der Waals surface area contributed by atoms with Gasteiger partial charge in [-0.25, -0.2) is 0 Å². The van der Waals surface area contributed by atoms with Gasteiger partial charge in [0.05, 0.1) is 7.11 Å². The van der Waals surface area contributed by atoms with Gasteiger partial charge < -0.3 is 15.2 Å². The Morgan fingerprint density at radius 3 is 2.85 bits per heavy atom. The Kier molecular flexibility index (Phi) is 3.13. The lowest BCUT2D eigenvalue weighted by molar-refractivity contribution is 0.404. The van der Waals surface area contributed by atoms with Crippen LogP contribution in [0.3, 0.4) is 0 Å². The van der Waals surface area contributed by atoms with Crippen LogP contribution < -0.4 is 15.2 Å². The summed E-state index contributed by atoms with van der Waals surface area (Å²) < 4.78 is 12.2. The van der Waals surface area contributed by atoms with Gasteiger partial charge in [-0.2, -0.15) is 0 Å². The average molecular weight is 272 g/mol. The first-order valence-electron chi connectivity index (χ1n) is 5.90. The lowest BCUT2D eigenvalue weighted by Gasteiger charge is -2.08. The molecule has 20 heavy (non-hydrogen) atoms. The highest BCUT2D eigenvalue weighted by molar-refractivity contribution is 5.41. The van der Waals surface area contributed by atoms with E-state index in [4.69, 9.17) is 15.2 Å². The van der Waals surface area contributed by atoms with Gasteiger partial charge in [-0.15, -0.1) is 14.8 Å². The van der Waals surface area contributed by atoms with Crippen LogP contribution in [0.2, 0.25) is 0 Å². The van der Waals surface area contributed by atoms with Crippen molar-refractivity contribution < 1.29 is 9.47 Å². The lowest BCUT2D eigenvalue weighted by atomic mass is 10.2. The highest BCUT2D eigenvalue weighted by Crippen LogP contribution is 2.26. The number of rotatable bonds is 4. The third-order valence-corrected chi connectivity index (χ3v) is 2.68. The molecule has 0 unspecified atom stereocenters. The molecular formula is C12H12N6O2. The van der Waals surface area contributed by atoms with E-state index in [1.807, 2.05) is 12.1 Å². The fourth-order valence-electron chi connectivity index (χ4n) is 1.73. The van der Waals surface area contributed by atoms with E-state index in [2.05, 4.69) is 20.6 Å². The van der Waals surface area contributed by atoms with Gasteiger partial charge in [0.1, 0.15) is 11.5 Å². The van der Waals surface area contributed by atoms with E-state index in [9.17, 15) is 0 Å². The number of benzene rings is 1. The van der Waals surface area contributed by atoms with Crippen molar-refractivity contribution in [3.63, 3.8) is 0 Å². The second-order valence-electron chi connectivity index (χ2n) is 4.02. The number of nitrogens with two attached hydrogens (primary N) is 1. The van der Waals surface area contributed by atoms with E-state index in [1.165, 1.54) is 4.63 Å². The molecule has 102 valence electrons. The van der Waals surface area contributed by atoms with Crippen LogP contribution in [-0.4, -0.2) is 32.4 Å². The average Bonchev–Trinajstić information content (AvgIpc) is 2.94. The normalized spacial score (nSPS) is 10.7. The molecule has 8 heteroatoms. The maximum Gasteiger partial charge on any atom is 0.239 e. The first kappa shape index (κ1) is 12.3. The van der Waals surface area contributed by atoms with Crippen LogP contribution in [-0.2, 0) is 6.54 Å². The Balaban J connectivity index is 1.92. The minimum absolute atomic E-state index is 0.376. The maximum atomic E-state index is 5.68. The van der Waals surface area contributed by atoms with Crippen molar-refractivity contribution in [2.45, 2.75) is 6.54 Å². The Labute approximate surface area is 114 Å². The molecule has 0 aliphatic carbocycles. The van der Waals surface area contributed by atoms with Gasteiger partial charge in [0.2, 0.25) is 5.88 Å². The minimum atomic E-state index is 0.376. The summed E-state index contributed by atoms with van der Waals surface area (Å²) in [6.07, 6.45) is 0. The van der Waals surface area contributed by atoms with E-state index in [1.54, 1.807) is 25.3 Å². The van der Waals surface area contributed by atoms with Gasteiger partial charge in [0.15, 0.2) is 5.65 Å². The van der Waals surface area contributed by atoms with Crippen molar-refractivity contribution in [2.75, 3.05) is 7.11 Å². The molecule has 0 spiro atoms. The van der Waals surface area contributed by atoms with Gasteiger partial charge in [-0.05, 0) is 34.2 Å². The summed E-state index contributed by atoms with van der Waals surface area (Å²) in [7, 11) is 1.59. The number of tetrazole rings is 1. The SMILES string of the molecule is COc1cc(CN)cc(Oc2ccc3nnnn3n2)c1. The number of aromatic nitrogens is 5. The Hall–Kier alpha value is -2.74. The van der Waals surface area contributed by atoms with Crippen LogP contribution in [0.5, 0.6) is 17.4 Å². The van der Waals surface area contributed by atoms with Gasteiger partial charge in [-0.1, -0.05) is 0 Å². The molecule has 2 heterocycles. The number of ether oxygens (including phenoxy) is 2. The molecule has 1 aromatic carbocycles. The van der Waals surface area contributed by atoms with Crippen molar-refractivity contribution in [1.29, 1.82) is 0 Å². The molecule has 0 bridgehead atoms. The quantitative estimate of drug-likeness (QED) is 0.748. The summed E-state index contributed by atoms with van der Waals surface area (Å²) in [6.45, 7) is 0.396. The summed E-state index contributed by atoms with van der Waals surface area (Å²) in [5.74, 6) is 1.64. The molecular weight excluding hydrogens is 260 g/mol. The molecule has 8 nitrogen and oxygen atoms in total. The first-order valence-corrected chi connectivity index (χ1v) is 5.90. The number of methoxy groups -OCH3 is 1. The lowest BCUT2D eigenvalue weighted by Crippen LogP contribution is -2.00. The Bertz CT molecular complexity index is 719. The van der Waals surface area contributed by atoms with Gasteiger partial charge in [0.25, 0.3) is 0 Å². The molecule has 0 atom stereocenters. The number of hydrogen-bond donors (Lipinski definition) is 1. The molecule has 0 saturated heterocycles. The summed E-state index contributed by atoms with van der Waals surface area (Å²) in [6, 6.07) is 8.84. The van der Waals surface area contributed by atoms with Gasteiger partial charge in [0, 0.05) is 18.7 Å². The predicted octanol–water partition coefficient (Wildman–Crippen LogP) is 0.779. The first-order chi connectivity index (χ1) is 9.78. The largest absolute Gasteiger partial charge is 0.497 e. The van der Waals surface area contributed by atoms with Gasteiger partial charge >= 0.3 is 0 Å². The fourth-order valence-corrected chi connectivity index (χ4v) is 1.73. The van der Waals surface area contributed by atoms with Crippen molar-refractivity contribution >= 4 is 5.65 Å². The fraction of sp³-hybridized carbons (Fsp3) is 0.167. The summed E-state index contributed by atoms with van der Waals surface area (Å²) in [4.78, 5) is 0. The molecule has 0 aliphatic heterocycles. The third kappa shape index (κ3) is 2.36. The smallest absolute Gasteiger partial charge is 0.239 e. The van der Waals surface area contributed by atoms with Crippen molar-refractivity contribution in [3.05, 3.63) is 35.9 Å². The molecule has 3 aromatic rings. The standard InChI is InChI=1S/C12H12N6O2/c1-19-9-4-8(7-13)5-10(6-9)20-12-3-2-11-14-16-17-18(11)15-12/h2-6H,7,13H2,1H3. The highest BCUT2D eigenvalue weighted by Gasteiger charge is 2.06. The molecule has 3 rings (SSSR count). The maximum absolute atomic E-state index is 5.68. The van der Waals surface area contributed by atoms with E-state index in [-0.39, 0.29) is 0 Å². The zero-order valence-electron chi connectivity index (χ0n) is 10.7.